The van der Waals surface area contributed by atoms with Crippen LogP contribution < -0.4 is 20.4 Å². The van der Waals surface area contributed by atoms with Crippen molar-refractivity contribution < 1.29 is 28.1 Å². The second-order valence-electron chi connectivity index (χ2n) is 11.1. The highest BCUT2D eigenvalue weighted by Gasteiger charge is 2.52. The highest BCUT2D eigenvalue weighted by Crippen LogP contribution is 2.37. The third-order valence-electron chi connectivity index (χ3n) is 7.42. The number of hydrogen-bond acceptors (Lipinski definition) is 6. The van der Waals surface area contributed by atoms with Gasteiger partial charge in [0, 0.05) is 6.92 Å². The van der Waals surface area contributed by atoms with Crippen LogP contribution in [-0.4, -0.2) is 42.9 Å². The largest absolute Gasteiger partial charge is 0.494 e. The fraction of sp³-hybridized carbons (Fsp3) is 0.538. The highest BCUT2D eigenvalue weighted by molar-refractivity contribution is 6.62. The van der Waals surface area contributed by atoms with Crippen molar-refractivity contribution in [2.45, 2.75) is 91.0 Å². The molecular weight excluding hydrogens is 430 g/mol. The van der Waals surface area contributed by atoms with Crippen LogP contribution in [0.25, 0.3) is 0 Å². The molecule has 0 spiro atoms. The first-order chi connectivity index (χ1) is 15.7. The summed E-state index contributed by atoms with van der Waals surface area (Å²) in [7, 11) is -0.787. The molecule has 6 nitrogen and oxygen atoms in total. The first kappa shape index (κ1) is 25.1. The summed E-state index contributed by atoms with van der Waals surface area (Å²) in [6, 6.07) is 15.5. The Morgan fingerprint density at radius 3 is 1.06 bits per heavy atom. The van der Waals surface area contributed by atoms with E-state index in [1.54, 1.807) is 0 Å². The van der Waals surface area contributed by atoms with Crippen molar-refractivity contribution >= 4 is 25.2 Å². The fourth-order valence-electron chi connectivity index (χ4n) is 3.77. The van der Waals surface area contributed by atoms with Crippen LogP contribution in [0.3, 0.4) is 0 Å². The van der Waals surface area contributed by atoms with E-state index >= 15 is 0 Å². The molecule has 2 fully saturated rings. The minimum atomic E-state index is -0.467. The van der Waals surface area contributed by atoms with Crippen molar-refractivity contribution in [3.63, 3.8) is 0 Å². The average Bonchev–Trinajstić information content (AvgIpc) is 3.08. The van der Waals surface area contributed by atoms with Crippen LogP contribution >= 0.6 is 0 Å². The molecule has 0 atom stereocenters. The number of rotatable bonds is 6. The van der Waals surface area contributed by atoms with Gasteiger partial charge in [-0.3, -0.25) is 0 Å². The summed E-state index contributed by atoms with van der Waals surface area (Å²) in [4.78, 5) is 0. The van der Waals surface area contributed by atoms with Crippen molar-refractivity contribution in [1.82, 2.24) is 0 Å². The smallest absolute Gasteiger partial charge is 0.455 e. The van der Waals surface area contributed by atoms with Crippen LogP contribution in [0, 0.1) is 0 Å². The molecule has 0 N–H and O–H groups in total. The number of hydrogen-bond donors (Lipinski definition) is 0. The molecular formula is C26H36B2O6. The monoisotopic (exact) mass is 466 g/mol. The Bertz CT molecular complexity index is 887. The van der Waals surface area contributed by atoms with Gasteiger partial charge in [0.05, 0.1) is 22.4 Å². The standard InChI is InChI=1S/C26H36B2O6/c1-18(29-21-14-10-19(11-15-21)27-31-23(2,3)24(4,5)32-27)30-22-16-12-20(13-17-22)28-33-25(6,7)26(8,9)34-28/h10-18H,1-9H3. The van der Waals surface area contributed by atoms with E-state index in [4.69, 9.17) is 28.1 Å². The van der Waals surface area contributed by atoms with Gasteiger partial charge in [-0.1, -0.05) is 24.3 Å². The lowest BCUT2D eigenvalue weighted by Crippen LogP contribution is -2.41. The first-order valence-electron chi connectivity index (χ1n) is 11.9. The first-order valence-corrected chi connectivity index (χ1v) is 11.9. The summed E-state index contributed by atoms with van der Waals surface area (Å²) in [6.45, 7) is 18.2. The second kappa shape index (κ2) is 8.59. The van der Waals surface area contributed by atoms with Crippen molar-refractivity contribution in [3.8, 4) is 11.5 Å². The third kappa shape index (κ3) is 4.87. The average molecular weight is 466 g/mol. The molecule has 182 valence electrons. The van der Waals surface area contributed by atoms with E-state index in [-0.39, 0.29) is 22.4 Å². The summed E-state index contributed by atoms with van der Waals surface area (Å²) in [5.74, 6) is 1.42. The highest BCUT2D eigenvalue weighted by atomic mass is 16.7. The molecule has 2 aliphatic rings. The van der Waals surface area contributed by atoms with Gasteiger partial charge in [0.25, 0.3) is 0 Å². The molecule has 4 rings (SSSR count). The molecule has 2 aliphatic heterocycles. The zero-order chi connectivity index (χ0) is 24.9. The van der Waals surface area contributed by atoms with Gasteiger partial charge >= 0.3 is 14.2 Å². The van der Waals surface area contributed by atoms with Gasteiger partial charge in [-0.15, -0.1) is 0 Å². The van der Waals surface area contributed by atoms with Crippen molar-refractivity contribution in [2.24, 2.45) is 0 Å². The van der Waals surface area contributed by atoms with Crippen molar-refractivity contribution in [3.05, 3.63) is 48.5 Å². The van der Waals surface area contributed by atoms with E-state index in [1.807, 2.05) is 111 Å². The van der Waals surface area contributed by atoms with Crippen LogP contribution in [0.4, 0.5) is 0 Å². The SMILES string of the molecule is CC(Oc1ccc(B2OC(C)(C)C(C)(C)O2)cc1)Oc1ccc(B2OC(C)(C)C(C)(C)O2)cc1. The molecule has 34 heavy (non-hydrogen) atoms. The quantitative estimate of drug-likeness (QED) is 0.473. The van der Waals surface area contributed by atoms with E-state index in [9.17, 15) is 0 Å². The number of ether oxygens (including phenoxy) is 2. The van der Waals surface area contributed by atoms with Crippen LogP contribution in [-0.2, 0) is 18.6 Å². The van der Waals surface area contributed by atoms with E-state index in [1.165, 1.54) is 0 Å². The summed E-state index contributed by atoms with van der Waals surface area (Å²) < 4.78 is 36.4. The summed E-state index contributed by atoms with van der Waals surface area (Å²) >= 11 is 0. The second-order valence-corrected chi connectivity index (χ2v) is 11.1. The molecule has 8 heteroatoms. The third-order valence-corrected chi connectivity index (χ3v) is 7.42. The van der Waals surface area contributed by atoms with Crippen LogP contribution in [0.15, 0.2) is 48.5 Å². The van der Waals surface area contributed by atoms with Crippen LogP contribution in [0.5, 0.6) is 11.5 Å². The van der Waals surface area contributed by atoms with Gasteiger partial charge < -0.3 is 28.1 Å². The van der Waals surface area contributed by atoms with Crippen LogP contribution in [0.2, 0.25) is 0 Å². The minimum absolute atomic E-state index is 0.368. The maximum absolute atomic E-state index is 6.11. The molecule has 2 heterocycles. The van der Waals surface area contributed by atoms with Gasteiger partial charge in [0.15, 0.2) is 0 Å². The number of benzene rings is 2. The Balaban J connectivity index is 1.32. The molecule has 0 saturated carbocycles. The van der Waals surface area contributed by atoms with Crippen molar-refractivity contribution in [2.75, 3.05) is 0 Å². The van der Waals surface area contributed by atoms with E-state index in [0.717, 1.165) is 10.9 Å². The molecule has 2 saturated heterocycles. The molecule has 0 bridgehead atoms. The zero-order valence-electron chi connectivity index (χ0n) is 21.8. The molecule has 2 aromatic carbocycles. The summed E-state index contributed by atoms with van der Waals surface area (Å²) in [5.41, 5.74) is 0.441. The molecule has 0 unspecified atom stereocenters. The maximum atomic E-state index is 6.11. The minimum Gasteiger partial charge on any atom is -0.455 e. The Morgan fingerprint density at radius 2 is 0.794 bits per heavy atom. The zero-order valence-corrected chi connectivity index (χ0v) is 21.8. The molecule has 0 amide bonds. The van der Waals surface area contributed by atoms with Gasteiger partial charge in [-0.05, 0) is 90.6 Å². The molecule has 0 aromatic heterocycles. The van der Waals surface area contributed by atoms with Crippen molar-refractivity contribution in [1.29, 1.82) is 0 Å². The Labute approximate surface area is 204 Å². The van der Waals surface area contributed by atoms with Gasteiger partial charge in [0.2, 0.25) is 6.29 Å². The van der Waals surface area contributed by atoms with Gasteiger partial charge in [-0.25, -0.2) is 0 Å². The topological polar surface area (TPSA) is 55.4 Å². The Kier molecular flexibility index (Phi) is 6.35. The predicted octanol–water partition coefficient (Wildman–Crippen LogP) is 4.09. The summed E-state index contributed by atoms with van der Waals surface area (Å²) in [6.07, 6.45) is -0.467. The normalized spacial score (nSPS) is 22.3. The molecule has 0 radical (unpaired) electrons. The van der Waals surface area contributed by atoms with Gasteiger partial charge in [0.1, 0.15) is 11.5 Å². The fourth-order valence-corrected chi connectivity index (χ4v) is 3.77. The Hall–Kier alpha value is -1.99. The maximum Gasteiger partial charge on any atom is 0.494 e. The molecule has 2 aromatic rings. The Morgan fingerprint density at radius 1 is 0.529 bits per heavy atom. The predicted molar refractivity (Wildman–Crippen MR) is 135 cm³/mol. The molecule has 0 aliphatic carbocycles. The van der Waals surface area contributed by atoms with E-state index in [2.05, 4.69) is 0 Å². The lowest BCUT2D eigenvalue weighted by atomic mass is 9.79. The van der Waals surface area contributed by atoms with E-state index in [0.29, 0.717) is 11.5 Å². The summed E-state index contributed by atoms with van der Waals surface area (Å²) in [5, 5.41) is 0. The van der Waals surface area contributed by atoms with Gasteiger partial charge in [-0.2, -0.15) is 0 Å². The van der Waals surface area contributed by atoms with Crippen LogP contribution in [0.1, 0.15) is 62.3 Å². The van der Waals surface area contributed by atoms with E-state index < -0.39 is 20.5 Å². The lowest BCUT2D eigenvalue weighted by Gasteiger charge is -2.32. The lowest BCUT2D eigenvalue weighted by molar-refractivity contribution is 0.00578.